The smallest absolute Gasteiger partial charge is 0.260 e. The molecule has 0 saturated heterocycles. The third kappa shape index (κ3) is 3.17. The van der Waals surface area contributed by atoms with Crippen LogP contribution in [0.1, 0.15) is 5.56 Å². The Bertz CT molecular complexity index is 1280. The van der Waals surface area contributed by atoms with Gasteiger partial charge in [0.05, 0.1) is 17.2 Å². The number of imidazole rings is 1. The van der Waals surface area contributed by atoms with Gasteiger partial charge in [-0.15, -0.1) is 0 Å². The van der Waals surface area contributed by atoms with Gasteiger partial charge in [-0.3, -0.25) is 4.79 Å². The second kappa shape index (κ2) is 7.20. The van der Waals surface area contributed by atoms with Crippen LogP contribution in [0.5, 0.6) is 11.5 Å². The van der Waals surface area contributed by atoms with Gasteiger partial charge in [-0.2, -0.15) is 5.10 Å². The van der Waals surface area contributed by atoms with Crippen LogP contribution in [-0.4, -0.2) is 38.8 Å². The maximum Gasteiger partial charge on any atom is 0.260 e. The van der Waals surface area contributed by atoms with Crippen molar-refractivity contribution in [1.29, 1.82) is 0 Å². The monoisotopic (exact) mass is 405 g/mol. The van der Waals surface area contributed by atoms with Crippen molar-refractivity contribution in [2.75, 3.05) is 12.5 Å². The number of carbonyl (C=O) groups is 1. The average molecular weight is 405 g/mol. The largest absolute Gasteiger partial charge is 0.454 e. The van der Waals surface area contributed by atoms with Crippen LogP contribution >= 0.6 is 0 Å². The molecule has 2 aromatic heterocycles. The van der Waals surface area contributed by atoms with E-state index in [4.69, 9.17) is 15.2 Å². The zero-order valence-electron chi connectivity index (χ0n) is 15.5. The van der Waals surface area contributed by atoms with Crippen molar-refractivity contribution in [1.82, 2.24) is 25.3 Å². The summed E-state index contributed by atoms with van der Waals surface area (Å²) in [5.74, 6) is 1.43. The molecule has 0 aliphatic carbocycles. The third-order valence-corrected chi connectivity index (χ3v) is 4.48. The number of hydrogen-bond acceptors (Lipinski definition) is 9. The van der Waals surface area contributed by atoms with E-state index in [1.807, 2.05) is 30.3 Å². The van der Waals surface area contributed by atoms with Crippen LogP contribution in [0.25, 0.3) is 22.6 Å². The highest BCUT2D eigenvalue weighted by Gasteiger charge is 2.20. The van der Waals surface area contributed by atoms with E-state index in [-0.39, 0.29) is 30.8 Å². The first-order chi connectivity index (χ1) is 14.7. The van der Waals surface area contributed by atoms with Crippen molar-refractivity contribution in [2.24, 2.45) is 5.10 Å². The summed E-state index contributed by atoms with van der Waals surface area (Å²) in [5, 5.41) is 11.4. The molecule has 0 radical (unpaired) electrons. The number of amides is 1. The van der Waals surface area contributed by atoms with Crippen molar-refractivity contribution in [2.45, 2.75) is 6.54 Å². The van der Waals surface area contributed by atoms with Gasteiger partial charge in [0.1, 0.15) is 6.54 Å². The fourth-order valence-corrected chi connectivity index (χ4v) is 3.12. The number of benzene rings is 2. The number of rotatable bonds is 5. The number of carbonyl (C=O) groups excluding carboxylic acids is 1. The Balaban J connectivity index is 1.36. The molecule has 5 rings (SSSR count). The van der Waals surface area contributed by atoms with E-state index in [0.29, 0.717) is 22.8 Å². The van der Waals surface area contributed by atoms with E-state index in [1.165, 1.54) is 6.21 Å². The molecule has 0 saturated carbocycles. The van der Waals surface area contributed by atoms with Crippen molar-refractivity contribution < 1.29 is 18.9 Å². The van der Waals surface area contributed by atoms with Crippen molar-refractivity contribution in [3.05, 3.63) is 48.0 Å². The van der Waals surface area contributed by atoms with Crippen LogP contribution in [0, 0.1) is 0 Å². The Morgan fingerprint density at radius 2 is 2.07 bits per heavy atom. The van der Waals surface area contributed by atoms with Crippen LogP contribution in [0.3, 0.4) is 0 Å². The summed E-state index contributed by atoms with van der Waals surface area (Å²) in [4.78, 5) is 17.0. The standard InChI is InChI=1S/C19H15N7O4/c20-18-17(24-30-25-18)19-22-12-3-1-2-4-13(12)26(19)9-16(27)23-21-8-11-5-6-14-15(7-11)29-10-28-14/h1-8H,9-10H2,(H2,20,25)(H,23,27)/b21-8-. The molecule has 0 unspecified atom stereocenters. The Kier molecular flexibility index (Phi) is 4.24. The minimum Gasteiger partial charge on any atom is -0.454 e. The lowest BCUT2D eigenvalue weighted by Crippen LogP contribution is -2.23. The predicted molar refractivity (Wildman–Crippen MR) is 106 cm³/mol. The molecule has 3 N–H and O–H groups in total. The molecule has 0 fully saturated rings. The number of hydrogen-bond donors (Lipinski definition) is 2. The minimum absolute atomic E-state index is 0.0549. The predicted octanol–water partition coefficient (Wildman–Crippen LogP) is 1.55. The average Bonchev–Trinajstić information content (AvgIpc) is 3.46. The number of nitrogens with one attached hydrogen (secondary N) is 1. The first-order valence-electron chi connectivity index (χ1n) is 8.94. The molecular formula is C19H15N7O4. The molecular weight excluding hydrogens is 390 g/mol. The lowest BCUT2D eigenvalue weighted by molar-refractivity contribution is -0.121. The first-order valence-corrected chi connectivity index (χ1v) is 8.94. The van der Waals surface area contributed by atoms with E-state index in [9.17, 15) is 4.79 Å². The van der Waals surface area contributed by atoms with Gasteiger partial charge >= 0.3 is 0 Å². The van der Waals surface area contributed by atoms with Gasteiger partial charge in [-0.1, -0.05) is 12.1 Å². The minimum atomic E-state index is -0.355. The summed E-state index contributed by atoms with van der Waals surface area (Å²) in [5.41, 5.74) is 10.8. The lowest BCUT2D eigenvalue weighted by atomic mass is 10.2. The molecule has 1 amide bonds. The van der Waals surface area contributed by atoms with Crippen molar-refractivity contribution in [3.8, 4) is 23.0 Å². The van der Waals surface area contributed by atoms with E-state index in [0.717, 1.165) is 11.1 Å². The number of hydrazone groups is 1. The SMILES string of the molecule is Nc1nonc1-c1nc2ccccc2n1CC(=O)N/N=C\c1ccc2c(c1)OCO2. The zero-order chi connectivity index (χ0) is 20.5. The molecule has 1 aliphatic heterocycles. The number of nitrogen functional groups attached to an aromatic ring is 1. The number of fused-ring (bicyclic) bond motifs is 2. The topological polar surface area (TPSA) is 143 Å². The fraction of sp³-hybridized carbons (Fsp3) is 0.105. The summed E-state index contributed by atoms with van der Waals surface area (Å²) in [6.45, 7) is 0.139. The fourth-order valence-electron chi connectivity index (χ4n) is 3.12. The summed E-state index contributed by atoms with van der Waals surface area (Å²) >= 11 is 0. The van der Waals surface area contributed by atoms with Gasteiger partial charge in [-0.25, -0.2) is 15.0 Å². The number of anilines is 1. The number of para-hydroxylation sites is 2. The molecule has 0 bridgehead atoms. The van der Waals surface area contributed by atoms with Gasteiger partial charge in [0.25, 0.3) is 5.91 Å². The molecule has 1 aliphatic rings. The second-order valence-electron chi connectivity index (χ2n) is 6.41. The van der Waals surface area contributed by atoms with Crippen molar-refractivity contribution >= 4 is 29.0 Å². The Labute approximate surface area is 169 Å². The van der Waals surface area contributed by atoms with Crippen LogP contribution in [0.4, 0.5) is 5.82 Å². The van der Waals surface area contributed by atoms with Gasteiger partial charge in [0.15, 0.2) is 28.8 Å². The van der Waals surface area contributed by atoms with E-state index in [2.05, 4.69) is 30.5 Å². The van der Waals surface area contributed by atoms with Gasteiger partial charge < -0.3 is 19.8 Å². The molecule has 150 valence electrons. The number of nitrogens with two attached hydrogens (primary N) is 1. The van der Waals surface area contributed by atoms with Crippen molar-refractivity contribution in [3.63, 3.8) is 0 Å². The third-order valence-electron chi connectivity index (χ3n) is 4.48. The Morgan fingerprint density at radius 3 is 2.93 bits per heavy atom. The Morgan fingerprint density at radius 1 is 1.20 bits per heavy atom. The number of nitrogens with zero attached hydrogens (tertiary/aromatic N) is 5. The number of aromatic nitrogens is 4. The maximum absolute atomic E-state index is 12.5. The van der Waals surface area contributed by atoms with Gasteiger partial charge in [-0.05, 0) is 46.2 Å². The van der Waals surface area contributed by atoms with Gasteiger partial charge in [0, 0.05) is 0 Å². The highest BCUT2D eigenvalue weighted by molar-refractivity contribution is 5.86. The zero-order valence-corrected chi connectivity index (χ0v) is 15.5. The highest BCUT2D eigenvalue weighted by atomic mass is 16.7. The van der Waals surface area contributed by atoms with E-state index < -0.39 is 0 Å². The summed E-state index contributed by atoms with van der Waals surface area (Å²) in [6, 6.07) is 12.7. The highest BCUT2D eigenvalue weighted by Crippen LogP contribution is 2.32. The molecule has 30 heavy (non-hydrogen) atoms. The normalized spacial score (nSPS) is 12.7. The lowest BCUT2D eigenvalue weighted by Gasteiger charge is -2.06. The van der Waals surface area contributed by atoms with E-state index >= 15 is 0 Å². The van der Waals surface area contributed by atoms with Gasteiger partial charge in [0.2, 0.25) is 6.79 Å². The van der Waals surface area contributed by atoms with Crippen LogP contribution in [-0.2, 0) is 11.3 Å². The molecule has 2 aromatic carbocycles. The molecule has 4 aromatic rings. The molecule has 0 atom stereocenters. The summed E-state index contributed by atoms with van der Waals surface area (Å²) < 4.78 is 17.0. The molecule has 0 spiro atoms. The molecule has 11 nitrogen and oxygen atoms in total. The summed E-state index contributed by atoms with van der Waals surface area (Å²) in [7, 11) is 0. The Hall–Kier alpha value is -4.41. The first kappa shape index (κ1) is 17.7. The van der Waals surface area contributed by atoms with Crippen LogP contribution < -0.4 is 20.6 Å². The summed E-state index contributed by atoms with van der Waals surface area (Å²) in [6.07, 6.45) is 1.52. The number of ether oxygens (including phenoxy) is 2. The quantitative estimate of drug-likeness (QED) is 0.376. The molecule has 11 heteroatoms. The maximum atomic E-state index is 12.5. The van der Waals surface area contributed by atoms with Crippen LogP contribution in [0.2, 0.25) is 0 Å². The van der Waals surface area contributed by atoms with E-state index in [1.54, 1.807) is 16.7 Å². The molecule has 3 heterocycles. The van der Waals surface area contributed by atoms with Crippen LogP contribution in [0.15, 0.2) is 52.2 Å². The second-order valence-corrected chi connectivity index (χ2v) is 6.41.